The summed E-state index contributed by atoms with van der Waals surface area (Å²) in [6.07, 6.45) is -4.50. The van der Waals surface area contributed by atoms with Gasteiger partial charge in [0.1, 0.15) is 12.0 Å². The van der Waals surface area contributed by atoms with Crippen molar-refractivity contribution in [2.24, 2.45) is 4.99 Å². The average molecular weight is 510 g/mol. The second-order valence-electron chi connectivity index (χ2n) is 8.37. The van der Waals surface area contributed by atoms with Gasteiger partial charge in [-0.05, 0) is 30.7 Å². The molecule has 0 amide bonds. The number of hydrogen-bond donors (Lipinski definition) is 3. The highest BCUT2D eigenvalue weighted by Gasteiger charge is 2.38. The van der Waals surface area contributed by atoms with Crippen LogP contribution in [-0.2, 0) is 6.18 Å². The fraction of sp³-hybridized carbons (Fsp3) is 0.276. The fourth-order valence-electron chi connectivity index (χ4n) is 4.28. The zero-order chi connectivity index (χ0) is 27.2. The van der Waals surface area contributed by atoms with Crippen LogP contribution in [0.25, 0.3) is 5.70 Å². The Kier molecular flexibility index (Phi) is 8.86. The van der Waals surface area contributed by atoms with Crippen LogP contribution in [0.3, 0.4) is 0 Å². The molecule has 1 heterocycles. The standard InChI is InChI=1S/C27H28F3N5.C2H6/c1-4-16-32-23-15-8-6-10-18(23)17(2)33-25-20-12-9-14-22(31)24(20)35(3)26(34-25)19-11-5-7-13-21(19)27(28,29)30;1-2/h5-15,26,32H,2,4,16,31H2,1,3H3,(H,33,34);1-2H3. The van der Waals surface area contributed by atoms with E-state index in [0.717, 1.165) is 30.3 Å². The lowest BCUT2D eigenvalue weighted by Gasteiger charge is -2.36. The number of amidine groups is 1. The Morgan fingerprint density at radius 2 is 1.70 bits per heavy atom. The number of anilines is 3. The molecule has 0 radical (unpaired) electrons. The predicted octanol–water partition coefficient (Wildman–Crippen LogP) is 7.29. The molecule has 0 aliphatic carbocycles. The van der Waals surface area contributed by atoms with E-state index in [-0.39, 0.29) is 5.56 Å². The van der Waals surface area contributed by atoms with Gasteiger partial charge in [-0.3, -0.25) is 0 Å². The van der Waals surface area contributed by atoms with Crippen molar-refractivity contribution in [3.8, 4) is 0 Å². The van der Waals surface area contributed by atoms with Gasteiger partial charge in [0.15, 0.2) is 0 Å². The van der Waals surface area contributed by atoms with Crippen LogP contribution in [0.2, 0.25) is 0 Å². The first-order chi connectivity index (χ1) is 17.7. The summed E-state index contributed by atoms with van der Waals surface area (Å²) in [6, 6.07) is 18.6. The van der Waals surface area contributed by atoms with Crippen LogP contribution in [0.4, 0.5) is 30.2 Å². The first kappa shape index (κ1) is 27.6. The number of nitrogens with two attached hydrogens (primary N) is 1. The maximum absolute atomic E-state index is 13.9. The molecule has 0 fully saturated rings. The first-order valence-corrected chi connectivity index (χ1v) is 12.4. The first-order valence-electron chi connectivity index (χ1n) is 12.4. The summed E-state index contributed by atoms with van der Waals surface area (Å²) in [5.41, 5.74) is 9.69. The molecule has 5 nitrogen and oxygen atoms in total. The molecule has 3 aromatic rings. The molecule has 37 heavy (non-hydrogen) atoms. The molecule has 8 heteroatoms. The molecule has 0 aromatic heterocycles. The van der Waals surface area contributed by atoms with E-state index in [1.807, 2.05) is 44.2 Å². The summed E-state index contributed by atoms with van der Waals surface area (Å²) < 4.78 is 41.6. The highest BCUT2D eigenvalue weighted by molar-refractivity contribution is 6.10. The molecule has 3 aromatic carbocycles. The zero-order valence-electron chi connectivity index (χ0n) is 21.7. The number of hydrogen-bond acceptors (Lipinski definition) is 5. The van der Waals surface area contributed by atoms with Crippen LogP contribution in [-0.4, -0.2) is 19.4 Å². The van der Waals surface area contributed by atoms with Crippen LogP contribution in [0.15, 0.2) is 78.3 Å². The third-order valence-electron chi connectivity index (χ3n) is 5.92. The molecular weight excluding hydrogens is 475 g/mol. The topological polar surface area (TPSA) is 65.7 Å². The van der Waals surface area contributed by atoms with Gasteiger partial charge in [-0.1, -0.05) is 69.8 Å². The summed E-state index contributed by atoms with van der Waals surface area (Å²) in [4.78, 5) is 6.42. The molecule has 4 rings (SSSR count). The molecule has 0 saturated carbocycles. The Balaban J connectivity index is 0.00000186. The number of fused-ring (bicyclic) bond motifs is 1. The lowest BCUT2D eigenvalue weighted by molar-refractivity contribution is -0.138. The van der Waals surface area contributed by atoms with E-state index in [1.165, 1.54) is 12.1 Å². The molecule has 0 saturated heterocycles. The highest BCUT2D eigenvalue weighted by Crippen LogP contribution is 2.42. The van der Waals surface area contributed by atoms with E-state index < -0.39 is 17.9 Å². The minimum Gasteiger partial charge on any atom is -0.397 e. The normalized spacial score (nSPS) is 14.6. The van der Waals surface area contributed by atoms with Gasteiger partial charge >= 0.3 is 6.18 Å². The van der Waals surface area contributed by atoms with Gasteiger partial charge in [0.2, 0.25) is 0 Å². The Morgan fingerprint density at radius 1 is 1.03 bits per heavy atom. The second-order valence-corrected chi connectivity index (χ2v) is 8.37. The van der Waals surface area contributed by atoms with Crippen LogP contribution in [0.1, 0.15) is 55.6 Å². The van der Waals surface area contributed by atoms with Crippen molar-refractivity contribution in [2.75, 3.05) is 29.5 Å². The summed E-state index contributed by atoms with van der Waals surface area (Å²) in [5, 5.41) is 6.65. The molecule has 1 aliphatic heterocycles. The van der Waals surface area contributed by atoms with Gasteiger partial charge in [0, 0.05) is 41.7 Å². The van der Waals surface area contributed by atoms with Gasteiger partial charge in [0.25, 0.3) is 0 Å². The zero-order valence-corrected chi connectivity index (χ0v) is 21.7. The van der Waals surface area contributed by atoms with E-state index in [0.29, 0.717) is 28.5 Å². The maximum Gasteiger partial charge on any atom is 0.416 e. The Bertz CT molecular complexity index is 1270. The number of alkyl halides is 3. The van der Waals surface area contributed by atoms with Gasteiger partial charge < -0.3 is 21.3 Å². The van der Waals surface area contributed by atoms with Crippen LogP contribution >= 0.6 is 0 Å². The van der Waals surface area contributed by atoms with Gasteiger partial charge in [-0.2, -0.15) is 13.2 Å². The van der Waals surface area contributed by atoms with Gasteiger partial charge in [-0.25, -0.2) is 4.99 Å². The van der Waals surface area contributed by atoms with Crippen molar-refractivity contribution in [3.05, 3.63) is 95.6 Å². The predicted molar refractivity (Wildman–Crippen MR) is 149 cm³/mol. The molecule has 1 atom stereocenters. The highest BCUT2D eigenvalue weighted by atomic mass is 19.4. The number of aliphatic imine (C=N–C) groups is 1. The molecule has 4 N–H and O–H groups in total. The molecule has 196 valence electrons. The van der Waals surface area contributed by atoms with Gasteiger partial charge in [-0.15, -0.1) is 0 Å². The summed E-state index contributed by atoms with van der Waals surface area (Å²) >= 11 is 0. The third kappa shape index (κ3) is 5.90. The Hall–Kier alpha value is -3.94. The fourth-order valence-corrected chi connectivity index (χ4v) is 4.28. The Morgan fingerprint density at radius 3 is 2.41 bits per heavy atom. The van der Waals surface area contributed by atoms with Crippen molar-refractivity contribution in [2.45, 2.75) is 39.5 Å². The monoisotopic (exact) mass is 509 g/mol. The van der Waals surface area contributed by atoms with E-state index in [9.17, 15) is 13.2 Å². The van der Waals surface area contributed by atoms with Crippen molar-refractivity contribution < 1.29 is 13.2 Å². The second kappa shape index (κ2) is 11.9. The smallest absolute Gasteiger partial charge is 0.397 e. The van der Waals surface area contributed by atoms with E-state index in [1.54, 1.807) is 30.1 Å². The molecular formula is C29H34F3N5. The minimum atomic E-state index is -4.52. The summed E-state index contributed by atoms with van der Waals surface area (Å²) in [5.74, 6) is 0.405. The number of nitrogens with zero attached hydrogens (tertiary/aromatic N) is 2. The van der Waals surface area contributed by atoms with Crippen LogP contribution in [0, 0.1) is 0 Å². The lowest BCUT2D eigenvalue weighted by atomic mass is 9.99. The van der Waals surface area contributed by atoms with E-state index in [4.69, 9.17) is 10.7 Å². The van der Waals surface area contributed by atoms with Crippen molar-refractivity contribution in [1.82, 2.24) is 5.32 Å². The van der Waals surface area contributed by atoms with Crippen molar-refractivity contribution >= 4 is 28.6 Å². The third-order valence-corrected chi connectivity index (χ3v) is 5.92. The van der Waals surface area contributed by atoms with E-state index >= 15 is 0 Å². The summed E-state index contributed by atoms with van der Waals surface area (Å²) in [7, 11) is 1.70. The maximum atomic E-state index is 13.9. The van der Waals surface area contributed by atoms with Crippen LogP contribution < -0.4 is 21.3 Å². The molecule has 1 aliphatic rings. The number of benzene rings is 3. The lowest BCUT2D eigenvalue weighted by Crippen LogP contribution is -2.36. The van der Waals surface area contributed by atoms with Gasteiger partial charge in [0.05, 0.1) is 16.9 Å². The number of halogens is 3. The number of para-hydroxylation sites is 2. The minimum absolute atomic E-state index is 0.0475. The van der Waals surface area contributed by atoms with E-state index in [2.05, 4.69) is 24.1 Å². The summed E-state index contributed by atoms with van der Waals surface area (Å²) in [6.45, 7) is 11.1. The Labute approximate surface area is 216 Å². The quantitative estimate of drug-likeness (QED) is 0.305. The number of nitrogens with one attached hydrogen (secondary N) is 2. The number of rotatable bonds is 6. The molecule has 0 bridgehead atoms. The number of nitrogen functional groups attached to an aromatic ring is 1. The van der Waals surface area contributed by atoms with Crippen molar-refractivity contribution in [3.63, 3.8) is 0 Å². The van der Waals surface area contributed by atoms with Crippen molar-refractivity contribution in [1.29, 1.82) is 0 Å². The molecule has 1 unspecified atom stereocenters. The largest absolute Gasteiger partial charge is 0.416 e. The SMILES string of the molecule is C=C(NC1=NC(c2ccccc2C(F)(F)F)N(C)c2c(N)cccc21)c1ccccc1NCCC.CC. The van der Waals surface area contributed by atoms with Crippen LogP contribution in [0.5, 0.6) is 0 Å². The average Bonchev–Trinajstić information content (AvgIpc) is 2.89. The molecule has 0 spiro atoms.